The van der Waals surface area contributed by atoms with Gasteiger partial charge in [0.15, 0.2) is 11.2 Å². The standard InChI is InChI=1S/C21H26N8O2.C2H6/c1-4-29-18(15-7-22-14(3)23-8-15)26-17-19(29)24-12-25-20(17)31-16-5-6-27(11-16)21(30)28-9-13(2)10-28;1-2/h7-8,12-13,16H,4-6,9-11H2,1-3H3;1-2H3/t16-;/m0./s1. The summed E-state index contributed by atoms with van der Waals surface area (Å²) in [7, 11) is 0. The zero-order valence-electron chi connectivity index (χ0n) is 20.0. The number of fused-ring (bicyclic) bond motifs is 1. The van der Waals surface area contributed by atoms with Crippen LogP contribution in [0.1, 0.15) is 39.9 Å². The number of aromatic nitrogens is 6. The van der Waals surface area contributed by atoms with Crippen LogP contribution in [-0.2, 0) is 6.54 Å². The van der Waals surface area contributed by atoms with E-state index < -0.39 is 0 Å². The molecule has 1 atom stereocenters. The lowest BCUT2D eigenvalue weighted by molar-refractivity contribution is 0.0992. The summed E-state index contributed by atoms with van der Waals surface area (Å²) in [5, 5.41) is 0. The van der Waals surface area contributed by atoms with Gasteiger partial charge in [-0.25, -0.2) is 24.7 Å². The molecule has 33 heavy (non-hydrogen) atoms. The Morgan fingerprint density at radius 3 is 2.48 bits per heavy atom. The molecule has 10 heteroatoms. The maximum atomic E-state index is 12.6. The largest absolute Gasteiger partial charge is 0.471 e. The predicted molar refractivity (Wildman–Crippen MR) is 125 cm³/mol. The van der Waals surface area contributed by atoms with Gasteiger partial charge in [-0.1, -0.05) is 20.8 Å². The monoisotopic (exact) mass is 452 g/mol. The van der Waals surface area contributed by atoms with Crippen LogP contribution in [0.25, 0.3) is 22.6 Å². The van der Waals surface area contributed by atoms with Gasteiger partial charge in [0, 0.05) is 45.0 Å². The third-order valence-corrected chi connectivity index (χ3v) is 5.88. The highest BCUT2D eigenvalue weighted by Crippen LogP contribution is 2.29. The summed E-state index contributed by atoms with van der Waals surface area (Å²) >= 11 is 0. The van der Waals surface area contributed by atoms with E-state index in [1.165, 1.54) is 6.33 Å². The second-order valence-electron chi connectivity index (χ2n) is 8.32. The van der Waals surface area contributed by atoms with Crippen LogP contribution in [0.4, 0.5) is 4.79 Å². The minimum Gasteiger partial charge on any atom is -0.471 e. The fourth-order valence-corrected chi connectivity index (χ4v) is 4.24. The number of carbonyl (C=O) groups is 1. The minimum atomic E-state index is -0.112. The van der Waals surface area contributed by atoms with E-state index in [4.69, 9.17) is 9.72 Å². The first-order chi connectivity index (χ1) is 16.0. The van der Waals surface area contributed by atoms with Gasteiger partial charge in [-0.2, -0.15) is 4.98 Å². The highest BCUT2D eigenvalue weighted by Gasteiger charge is 2.35. The lowest BCUT2D eigenvalue weighted by Gasteiger charge is -2.39. The van der Waals surface area contributed by atoms with Crippen molar-refractivity contribution in [3.05, 3.63) is 24.5 Å². The van der Waals surface area contributed by atoms with E-state index in [1.54, 1.807) is 12.4 Å². The minimum absolute atomic E-state index is 0.106. The van der Waals surface area contributed by atoms with E-state index in [-0.39, 0.29) is 12.1 Å². The molecular formula is C23H32N8O2. The average Bonchev–Trinajstić information content (AvgIpc) is 3.43. The molecule has 0 N–H and O–H groups in total. The van der Waals surface area contributed by atoms with Crippen LogP contribution >= 0.6 is 0 Å². The van der Waals surface area contributed by atoms with Crippen LogP contribution in [0.15, 0.2) is 18.7 Å². The zero-order valence-corrected chi connectivity index (χ0v) is 20.0. The summed E-state index contributed by atoms with van der Waals surface area (Å²) in [6, 6.07) is 0.106. The van der Waals surface area contributed by atoms with Crippen molar-refractivity contribution >= 4 is 17.2 Å². The Morgan fingerprint density at radius 2 is 1.82 bits per heavy atom. The first-order valence-corrected chi connectivity index (χ1v) is 11.7. The molecule has 0 saturated carbocycles. The molecule has 0 aromatic carbocycles. The van der Waals surface area contributed by atoms with E-state index in [0.29, 0.717) is 48.4 Å². The van der Waals surface area contributed by atoms with Gasteiger partial charge in [0.2, 0.25) is 5.88 Å². The van der Waals surface area contributed by atoms with Crippen molar-refractivity contribution in [2.75, 3.05) is 26.2 Å². The molecule has 0 radical (unpaired) electrons. The average molecular weight is 453 g/mol. The van der Waals surface area contributed by atoms with Gasteiger partial charge in [-0.3, -0.25) is 0 Å². The predicted octanol–water partition coefficient (Wildman–Crippen LogP) is 3.16. The van der Waals surface area contributed by atoms with Crippen molar-refractivity contribution in [2.24, 2.45) is 5.92 Å². The molecular weight excluding hydrogens is 420 g/mol. The van der Waals surface area contributed by atoms with Crippen molar-refractivity contribution in [3.63, 3.8) is 0 Å². The van der Waals surface area contributed by atoms with Crippen LogP contribution in [0.5, 0.6) is 5.88 Å². The molecule has 3 aromatic heterocycles. The molecule has 2 aliphatic heterocycles. The maximum Gasteiger partial charge on any atom is 0.320 e. The maximum absolute atomic E-state index is 12.6. The number of rotatable bonds is 4. The van der Waals surface area contributed by atoms with E-state index in [2.05, 4.69) is 26.9 Å². The van der Waals surface area contributed by atoms with Crippen molar-refractivity contribution < 1.29 is 9.53 Å². The number of aryl methyl sites for hydroxylation is 2. The fraction of sp³-hybridized carbons (Fsp3) is 0.565. The van der Waals surface area contributed by atoms with Crippen LogP contribution in [0.2, 0.25) is 0 Å². The normalized spacial score (nSPS) is 18.2. The molecule has 176 valence electrons. The van der Waals surface area contributed by atoms with Crippen molar-refractivity contribution in [3.8, 4) is 17.3 Å². The van der Waals surface area contributed by atoms with Gasteiger partial charge in [-0.15, -0.1) is 0 Å². The van der Waals surface area contributed by atoms with Gasteiger partial charge in [0.25, 0.3) is 0 Å². The second kappa shape index (κ2) is 9.68. The lowest BCUT2D eigenvalue weighted by Crippen LogP contribution is -2.53. The molecule has 0 unspecified atom stereocenters. The molecule has 2 amide bonds. The Morgan fingerprint density at radius 1 is 1.09 bits per heavy atom. The number of hydrogen-bond acceptors (Lipinski definition) is 7. The number of hydrogen-bond donors (Lipinski definition) is 0. The number of ether oxygens (including phenoxy) is 1. The Bertz CT molecular complexity index is 1110. The number of nitrogens with zero attached hydrogens (tertiary/aromatic N) is 8. The Balaban J connectivity index is 0.00000126. The van der Waals surface area contributed by atoms with Crippen LogP contribution < -0.4 is 4.74 Å². The first kappa shape index (κ1) is 22.9. The number of imidazole rings is 1. The van der Waals surface area contributed by atoms with Crippen LogP contribution in [0.3, 0.4) is 0 Å². The third kappa shape index (κ3) is 4.46. The Kier molecular flexibility index (Phi) is 6.71. The zero-order chi connectivity index (χ0) is 23.5. The van der Waals surface area contributed by atoms with Gasteiger partial charge in [0.05, 0.1) is 12.1 Å². The summed E-state index contributed by atoms with van der Waals surface area (Å²) in [5.41, 5.74) is 2.14. The number of carbonyl (C=O) groups excluding carboxylic acids is 1. The van der Waals surface area contributed by atoms with E-state index in [0.717, 1.165) is 30.9 Å². The number of likely N-dealkylation sites (tertiary alicyclic amines) is 2. The molecule has 10 nitrogen and oxygen atoms in total. The summed E-state index contributed by atoms with van der Waals surface area (Å²) in [4.78, 5) is 38.5. The third-order valence-electron chi connectivity index (χ3n) is 5.88. The molecule has 0 spiro atoms. The molecule has 5 rings (SSSR count). The van der Waals surface area contributed by atoms with Crippen molar-refractivity contribution in [1.82, 2.24) is 39.3 Å². The molecule has 0 aliphatic carbocycles. The summed E-state index contributed by atoms with van der Waals surface area (Å²) < 4.78 is 8.23. The lowest BCUT2D eigenvalue weighted by atomic mass is 10.0. The van der Waals surface area contributed by atoms with Crippen LogP contribution in [0, 0.1) is 12.8 Å². The first-order valence-electron chi connectivity index (χ1n) is 11.7. The van der Waals surface area contributed by atoms with Gasteiger partial charge in [0.1, 0.15) is 24.1 Å². The molecule has 0 bridgehead atoms. The topological polar surface area (TPSA) is 102 Å². The van der Waals surface area contributed by atoms with Gasteiger partial charge < -0.3 is 19.1 Å². The van der Waals surface area contributed by atoms with Crippen LogP contribution in [-0.4, -0.2) is 77.6 Å². The highest BCUT2D eigenvalue weighted by atomic mass is 16.5. The summed E-state index contributed by atoms with van der Waals surface area (Å²) in [6.07, 6.45) is 5.69. The van der Waals surface area contributed by atoms with E-state index in [1.807, 2.05) is 42.1 Å². The summed E-state index contributed by atoms with van der Waals surface area (Å²) in [5.74, 6) is 2.48. The molecule has 3 aromatic rings. The fourth-order valence-electron chi connectivity index (χ4n) is 4.24. The van der Waals surface area contributed by atoms with E-state index >= 15 is 0 Å². The van der Waals surface area contributed by atoms with Gasteiger partial charge in [-0.05, 0) is 19.8 Å². The van der Waals surface area contributed by atoms with Crippen molar-refractivity contribution in [1.29, 1.82) is 0 Å². The summed E-state index contributed by atoms with van der Waals surface area (Å²) in [6.45, 7) is 13.7. The SMILES string of the molecule is CC.CCn1c(-c2cnc(C)nc2)nc2c(O[C@H]3CCN(C(=O)N4CC(C)C4)C3)ncnc21. The molecule has 2 aliphatic rings. The second-order valence-corrected chi connectivity index (χ2v) is 8.32. The smallest absolute Gasteiger partial charge is 0.320 e. The van der Waals surface area contributed by atoms with Gasteiger partial charge >= 0.3 is 6.03 Å². The molecule has 2 fully saturated rings. The highest BCUT2D eigenvalue weighted by molar-refractivity contribution is 5.81. The van der Waals surface area contributed by atoms with E-state index in [9.17, 15) is 4.79 Å². The quantitative estimate of drug-likeness (QED) is 0.599. The molecule has 5 heterocycles. The molecule has 2 saturated heterocycles. The Hall–Kier alpha value is -3.30. The number of urea groups is 1. The number of amides is 2. The van der Waals surface area contributed by atoms with Crippen molar-refractivity contribution in [2.45, 2.75) is 53.7 Å². The Labute approximate surface area is 194 Å².